The first-order valence-electron chi connectivity index (χ1n) is 7.61. The Labute approximate surface area is 140 Å². The maximum atomic E-state index is 11.8. The molecule has 1 aromatic heterocycles. The van der Waals surface area contributed by atoms with Gasteiger partial charge in [-0.1, -0.05) is 18.2 Å². The highest BCUT2D eigenvalue weighted by molar-refractivity contribution is 7.99. The molecule has 0 atom stereocenters. The third-order valence-electron chi connectivity index (χ3n) is 3.38. The zero-order valence-corrected chi connectivity index (χ0v) is 14.2. The predicted octanol–water partition coefficient (Wildman–Crippen LogP) is 3.63. The van der Waals surface area contributed by atoms with E-state index >= 15 is 0 Å². The van der Waals surface area contributed by atoms with Crippen molar-refractivity contribution in [2.45, 2.75) is 31.6 Å². The summed E-state index contributed by atoms with van der Waals surface area (Å²) in [6, 6.07) is 11.8. The molecule has 0 aliphatic heterocycles. The van der Waals surface area contributed by atoms with Crippen LogP contribution in [-0.4, -0.2) is 24.0 Å². The maximum Gasteiger partial charge on any atom is 0.220 e. The summed E-state index contributed by atoms with van der Waals surface area (Å²) in [6.07, 6.45) is 0.867. The molecule has 0 saturated carbocycles. The van der Waals surface area contributed by atoms with Gasteiger partial charge in [0.2, 0.25) is 5.91 Å². The van der Waals surface area contributed by atoms with Gasteiger partial charge in [-0.3, -0.25) is 9.59 Å². The molecule has 2 aromatic rings. The van der Waals surface area contributed by atoms with Gasteiger partial charge in [0.1, 0.15) is 11.5 Å². The second kappa shape index (κ2) is 8.58. The highest BCUT2D eigenvalue weighted by Crippen LogP contribution is 2.17. The lowest BCUT2D eigenvalue weighted by atomic mass is 10.1. The van der Waals surface area contributed by atoms with Crippen LogP contribution in [0.2, 0.25) is 0 Å². The number of furan rings is 1. The second-order valence-electron chi connectivity index (χ2n) is 5.25. The zero-order valence-electron chi connectivity index (χ0n) is 13.4. The first-order valence-corrected chi connectivity index (χ1v) is 8.59. The molecule has 0 unspecified atom stereocenters. The summed E-state index contributed by atoms with van der Waals surface area (Å²) in [5.74, 6) is 2.12. The zero-order chi connectivity index (χ0) is 16.7. The molecular formula is C18H21NO3S. The number of hydrogen-bond donors (Lipinski definition) is 1. The molecule has 23 heavy (non-hydrogen) atoms. The lowest BCUT2D eigenvalue weighted by molar-refractivity contribution is -0.121. The number of thioether (sulfide) groups is 1. The van der Waals surface area contributed by atoms with Gasteiger partial charge in [0.25, 0.3) is 0 Å². The summed E-state index contributed by atoms with van der Waals surface area (Å²) in [4.78, 5) is 24.4. The lowest BCUT2D eigenvalue weighted by Gasteiger charge is -2.04. The molecule has 5 heteroatoms. The number of aryl methyl sites for hydroxylation is 2. The minimum absolute atomic E-state index is 0.00269. The van der Waals surface area contributed by atoms with E-state index in [1.54, 1.807) is 24.8 Å². The van der Waals surface area contributed by atoms with Crippen molar-refractivity contribution in [2.24, 2.45) is 0 Å². The van der Waals surface area contributed by atoms with Crippen molar-refractivity contribution < 1.29 is 14.0 Å². The van der Waals surface area contributed by atoms with Crippen LogP contribution in [0.4, 0.5) is 0 Å². The Balaban J connectivity index is 1.67. The van der Waals surface area contributed by atoms with Crippen molar-refractivity contribution in [1.29, 1.82) is 0 Å². The molecule has 1 N–H and O–H groups in total. The van der Waals surface area contributed by atoms with Crippen molar-refractivity contribution in [2.75, 3.05) is 12.3 Å². The Morgan fingerprint density at radius 2 is 1.96 bits per heavy atom. The standard InChI is InChI=1S/C18H21NO3S/c1-13(20)17-12-15(22-14(17)2)8-9-18(21)19-10-11-23-16-6-4-3-5-7-16/h3-7,12H,8-11H2,1-2H3,(H,19,21). The Hall–Kier alpha value is -2.01. The molecule has 122 valence electrons. The summed E-state index contributed by atoms with van der Waals surface area (Å²) in [5.41, 5.74) is 0.597. The molecule has 0 spiro atoms. The Bertz CT molecular complexity index is 664. The summed E-state index contributed by atoms with van der Waals surface area (Å²) in [6.45, 7) is 3.91. The van der Waals surface area contributed by atoms with Gasteiger partial charge >= 0.3 is 0 Å². The molecule has 0 saturated heterocycles. The van der Waals surface area contributed by atoms with E-state index in [0.717, 1.165) is 5.75 Å². The summed E-state index contributed by atoms with van der Waals surface area (Å²) >= 11 is 1.71. The van der Waals surface area contributed by atoms with Gasteiger partial charge in [-0.15, -0.1) is 11.8 Å². The molecule has 0 aliphatic rings. The average molecular weight is 331 g/mol. The largest absolute Gasteiger partial charge is 0.466 e. The highest BCUT2D eigenvalue weighted by atomic mass is 32.2. The Morgan fingerprint density at radius 3 is 2.61 bits per heavy atom. The van der Waals surface area contributed by atoms with E-state index in [2.05, 4.69) is 17.4 Å². The van der Waals surface area contributed by atoms with Crippen molar-refractivity contribution in [3.8, 4) is 0 Å². The molecule has 1 heterocycles. The van der Waals surface area contributed by atoms with Crippen LogP contribution in [0.1, 0.15) is 35.2 Å². The third-order valence-corrected chi connectivity index (χ3v) is 4.40. The number of benzene rings is 1. The SMILES string of the molecule is CC(=O)c1cc(CCC(=O)NCCSc2ccccc2)oc1C. The van der Waals surface area contributed by atoms with Crippen LogP contribution in [0.5, 0.6) is 0 Å². The van der Waals surface area contributed by atoms with Crippen LogP contribution < -0.4 is 5.32 Å². The normalized spacial score (nSPS) is 10.5. The molecule has 0 fully saturated rings. The van der Waals surface area contributed by atoms with E-state index in [4.69, 9.17) is 4.42 Å². The third kappa shape index (κ3) is 5.60. The molecule has 1 aromatic carbocycles. The smallest absolute Gasteiger partial charge is 0.220 e. The predicted molar refractivity (Wildman–Crippen MR) is 91.9 cm³/mol. The number of carbonyl (C=O) groups excluding carboxylic acids is 2. The average Bonchev–Trinajstić information content (AvgIpc) is 2.92. The van der Waals surface area contributed by atoms with Crippen LogP contribution in [0.3, 0.4) is 0 Å². The second-order valence-corrected chi connectivity index (χ2v) is 6.42. The fourth-order valence-electron chi connectivity index (χ4n) is 2.22. The number of amides is 1. The molecule has 4 nitrogen and oxygen atoms in total. The lowest BCUT2D eigenvalue weighted by Crippen LogP contribution is -2.25. The van der Waals surface area contributed by atoms with E-state index in [-0.39, 0.29) is 11.7 Å². The van der Waals surface area contributed by atoms with Crippen LogP contribution in [0.25, 0.3) is 0 Å². The van der Waals surface area contributed by atoms with Crippen molar-refractivity contribution in [3.05, 3.63) is 53.5 Å². The summed E-state index contributed by atoms with van der Waals surface area (Å²) in [5, 5.41) is 2.90. The van der Waals surface area contributed by atoms with Crippen molar-refractivity contribution in [3.63, 3.8) is 0 Å². The maximum absolute atomic E-state index is 11.8. The van der Waals surface area contributed by atoms with Gasteiger partial charge in [0.05, 0.1) is 5.56 Å². The molecular weight excluding hydrogens is 310 g/mol. The molecule has 1 amide bonds. The van der Waals surface area contributed by atoms with Crippen LogP contribution in [0, 0.1) is 6.92 Å². The topological polar surface area (TPSA) is 59.3 Å². The Kier molecular flexibility index (Phi) is 6.47. The van der Waals surface area contributed by atoms with E-state index in [1.807, 2.05) is 18.2 Å². The van der Waals surface area contributed by atoms with Crippen LogP contribution >= 0.6 is 11.8 Å². The highest BCUT2D eigenvalue weighted by Gasteiger charge is 2.12. The monoisotopic (exact) mass is 331 g/mol. The van der Waals surface area contributed by atoms with E-state index in [0.29, 0.717) is 36.5 Å². The number of hydrogen-bond acceptors (Lipinski definition) is 4. The fourth-order valence-corrected chi connectivity index (χ4v) is 3.01. The quantitative estimate of drug-likeness (QED) is 0.456. The number of ketones is 1. The first-order chi connectivity index (χ1) is 11.1. The molecule has 2 rings (SSSR count). The Morgan fingerprint density at radius 1 is 1.22 bits per heavy atom. The summed E-state index contributed by atoms with van der Waals surface area (Å²) < 4.78 is 5.50. The minimum atomic E-state index is -0.0140. The van der Waals surface area contributed by atoms with E-state index in [1.165, 1.54) is 11.8 Å². The van der Waals surface area contributed by atoms with E-state index in [9.17, 15) is 9.59 Å². The summed E-state index contributed by atoms with van der Waals surface area (Å²) in [7, 11) is 0. The van der Waals surface area contributed by atoms with Crippen LogP contribution in [-0.2, 0) is 11.2 Å². The number of nitrogens with one attached hydrogen (secondary N) is 1. The van der Waals surface area contributed by atoms with Crippen molar-refractivity contribution in [1.82, 2.24) is 5.32 Å². The van der Waals surface area contributed by atoms with Crippen molar-refractivity contribution >= 4 is 23.5 Å². The molecule has 0 bridgehead atoms. The molecule has 0 aliphatic carbocycles. The van der Waals surface area contributed by atoms with E-state index < -0.39 is 0 Å². The molecule has 0 radical (unpaired) electrons. The number of rotatable bonds is 8. The van der Waals surface area contributed by atoms with Gasteiger partial charge in [-0.2, -0.15) is 0 Å². The van der Waals surface area contributed by atoms with Crippen LogP contribution in [0.15, 0.2) is 45.7 Å². The number of carbonyl (C=O) groups is 2. The van der Waals surface area contributed by atoms with Gasteiger partial charge in [-0.25, -0.2) is 0 Å². The minimum Gasteiger partial charge on any atom is -0.466 e. The number of Topliss-reactive ketones (excluding diaryl/α,β-unsaturated/α-hetero) is 1. The van der Waals surface area contributed by atoms with Gasteiger partial charge in [-0.05, 0) is 32.0 Å². The first kappa shape index (κ1) is 17.3. The van der Waals surface area contributed by atoms with Gasteiger partial charge in [0.15, 0.2) is 5.78 Å². The van der Waals surface area contributed by atoms with Gasteiger partial charge < -0.3 is 9.73 Å². The fraction of sp³-hybridized carbons (Fsp3) is 0.333. The van der Waals surface area contributed by atoms with Gasteiger partial charge in [0, 0.05) is 30.0 Å².